The van der Waals surface area contributed by atoms with Gasteiger partial charge in [-0.05, 0) is 42.8 Å². The summed E-state index contributed by atoms with van der Waals surface area (Å²) in [6, 6.07) is 22.6. The van der Waals surface area contributed by atoms with Crippen molar-refractivity contribution in [2.75, 3.05) is 12.9 Å². The van der Waals surface area contributed by atoms with Gasteiger partial charge in [-0.1, -0.05) is 59.8 Å². The van der Waals surface area contributed by atoms with Crippen molar-refractivity contribution in [3.05, 3.63) is 83.9 Å². The first kappa shape index (κ1) is 23.1. The van der Waals surface area contributed by atoms with Gasteiger partial charge in [-0.3, -0.25) is 9.36 Å². The molecule has 3 aromatic carbocycles. The molecule has 0 radical (unpaired) electrons. The number of amides is 1. The number of phenols is 1. The van der Waals surface area contributed by atoms with E-state index in [2.05, 4.69) is 20.7 Å². The number of carbonyl (C=O) groups excluding carboxylic acids is 1. The van der Waals surface area contributed by atoms with Gasteiger partial charge in [0.05, 0.1) is 19.1 Å². The van der Waals surface area contributed by atoms with E-state index in [-0.39, 0.29) is 17.4 Å². The molecule has 2 N–H and O–H groups in total. The first-order valence-electron chi connectivity index (χ1n) is 10.4. The maximum absolute atomic E-state index is 12.4. The zero-order valence-electron chi connectivity index (χ0n) is 18.7. The molecule has 0 saturated carbocycles. The number of aryl methyl sites for hydroxylation is 1. The van der Waals surface area contributed by atoms with E-state index in [9.17, 15) is 9.90 Å². The summed E-state index contributed by atoms with van der Waals surface area (Å²) < 4.78 is 7.01. The number of rotatable bonds is 8. The number of phenolic OH excluding ortho intramolecular Hbond substituents is 1. The fourth-order valence-electron chi connectivity index (χ4n) is 3.18. The predicted octanol–water partition coefficient (Wildman–Crippen LogP) is 4.20. The summed E-state index contributed by atoms with van der Waals surface area (Å²) in [6.45, 7) is 2.03. The van der Waals surface area contributed by atoms with E-state index < -0.39 is 0 Å². The van der Waals surface area contributed by atoms with E-state index in [1.165, 1.54) is 31.2 Å². The first-order valence-corrected chi connectivity index (χ1v) is 11.4. The van der Waals surface area contributed by atoms with Crippen LogP contribution in [0.3, 0.4) is 0 Å². The Kier molecular flexibility index (Phi) is 7.24. The Bertz CT molecular complexity index is 1300. The van der Waals surface area contributed by atoms with Crippen LogP contribution in [0, 0.1) is 6.92 Å². The molecule has 4 aromatic rings. The molecule has 1 heterocycles. The highest BCUT2D eigenvalue weighted by Gasteiger charge is 2.17. The van der Waals surface area contributed by atoms with Crippen LogP contribution in [-0.4, -0.2) is 44.9 Å². The highest BCUT2D eigenvalue weighted by Crippen LogP contribution is 2.28. The van der Waals surface area contributed by atoms with Crippen LogP contribution in [0.2, 0.25) is 0 Å². The Morgan fingerprint density at radius 2 is 1.88 bits per heavy atom. The molecule has 0 fully saturated rings. The number of para-hydroxylation sites is 1. The van der Waals surface area contributed by atoms with Gasteiger partial charge in [-0.25, -0.2) is 5.43 Å². The highest BCUT2D eigenvalue weighted by molar-refractivity contribution is 7.99. The summed E-state index contributed by atoms with van der Waals surface area (Å²) in [4.78, 5) is 12.4. The lowest BCUT2D eigenvalue weighted by Gasteiger charge is -2.10. The minimum absolute atomic E-state index is 0.0348. The summed E-state index contributed by atoms with van der Waals surface area (Å²) in [7, 11) is 1.47. The van der Waals surface area contributed by atoms with Crippen LogP contribution in [0.4, 0.5) is 0 Å². The van der Waals surface area contributed by atoms with Gasteiger partial charge >= 0.3 is 0 Å². The van der Waals surface area contributed by atoms with Crippen LogP contribution < -0.4 is 10.2 Å². The third-order valence-corrected chi connectivity index (χ3v) is 5.83. The van der Waals surface area contributed by atoms with Gasteiger partial charge in [0.1, 0.15) is 0 Å². The van der Waals surface area contributed by atoms with Crippen molar-refractivity contribution in [1.82, 2.24) is 20.2 Å². The average molecular weight is 474 g/mol. The molecule has 1 aromatic heterocycles. The number of carbonyl (C=O) groups is 1. The molecular formula is C25H23N5O3S. The molecule has 8 nitrogen and oxygen atoms in total. The molecule has 172 valence electrons. The molecule has 0 unspecified atom stereocenters. The normalized spacial score (nSPS) is 11.0. The molecule has 0 bridgehead atoms. The van der Waals surface area contributed by atoms with Gasteiger partial charge in [-0.15, -0.1) is 10.2 Å². The second-order valence-electron chi connectivity index (χ2n) is 7.36. The molecule has 34 heavy (non-hydrogen) atoms. The number of benzene rings is 3. The lowest BCUT2D eigenvalue weighted by Crippen LogP contribution is -2.20. The molecular weight excluding hydrogens is 450 g/mol. The monoisotopic (exact) mass is 473 g/mol. The fourth-order valence-corrected chi connectivity index (χ4v) is 3.92. The average Bonchev–Trinajstić information content (AvgIpc) is 3.28. The van der Waals surface area contributed by atoms with Gasteiger partial charge in [0.2, 0.25) is 0 Å². The molecule has 1 amide bonds. The fraction of sp³-hybridized carbons (Fsp3) is 0.120. The zero-order chi connectivity index (χ0) is 23.9. The Morgan fingerprint density at radius 1 is 1.12 bits per heavy atom. The Labute approximate surface area is 201 Å². The second kappa shape index (κ2) is 10.7. The SMILES string of the molecule is COc1cc(/C=N/NC(=O)CSc2nnc(-c3ccc(C)cc3)n2-c2ccccc2)ccc1O. The maximum Gasteiger partial charge on any atom is 0.250 e. The number of ether oxygens (including phenoxy) is 1. The van der Waals surface area contributed by atoms with Gasteiger partial charge < -0.3 is 9.84 Å². The number of hydrazone groups is 1. The van der Waals surface area contributed by atoms with E-state index in [1.807, 2.05) is 66.1 Å². The molecule has 0 aliphatic rings. The van der Waals surface area contributed by atoms with Crippen LogP contribution in [-0.2, 0) is 4.79 Å². The highest BCUT2D eigenvalue weighted by atomic mass is 32.2. The Balaban J connectivity index is 1.47. The Hall–Kier alpha value is -4.11. The summed E-state index contributed by atoms with van der Waals surface area (Å²) in [6.07, 6.45) is 1.48. The molecule has 0 spiro atoms. The summed E-state index contributed by atoms with van der Waals surface area (Å²) in [5.74, 6) is 0.887. The van der Waals surface area contributed by atoms with Crippen LogP contribution >= 0.6 is 11.8 Å². The molecule has 0 aliphatic carbocycles. The van der Waals surface area contributed by atoms with Gasteiger partial charge in [0.15, 0.2) is 22.5 Å². The van der Waals surface area contributed by atoms with Crippen molar-refractivity contribution in [3.8, 4) is 28.6 Å². The van der Waals surface area contributed by atoms with E-state index in [0.29, 0.717) is 22.3 Å². The summed E-state index contributed by atoms with van der Waals surface area (Å²) in [5.41, 5.74) is 6.19. The minimum Gasteiger partial charge on any atom is -0.504 e. The standard InChI is InChI=1S/C25H23N5O3S/c1-17-8-11-19(12-9-17)24-28-29-25(30(24)20-6-4-3-5-7-20)34-16-23(32)27-26-15-18-10-13-21(31)22(14-18)33-2/h3-15,31H,16H2,1-2H3,(H,27,32)/b26-15+. The van der Waals surface area contributed by atoms with E-state index in [1.54, 1.807) is 12.1 Å². The number of methoxy groups -OCH3 is 1. The molecule has 4 rings (SSSR count). The number of aromatic hydroxyl groups is 1. The van der Waals surface area contributed by atoms with Gasteiger partial charge in [0, 0.05) is 11.3 Å². The number of aromatic nitrogens is 3. The smallest absolute Gasteiger partial charge is 0.250 e. The van der Waals surface area contributed by atoms with Crippen LogP contribution in [0.15, 0.2) is 83.1 Å². The third-order valence-electron chi connectivity index (χ3n) is 4.90. The topological polar surface area (TPSA) is 102 Å². The third kappa shape index (κ3) is 5.44. The second-order valence-corrected chi connectivity index (χ2v) is 8.30. The lowest BCUT2D eigenvalue weighted by atomic mass is 10.1. The van der Waals surface area contributed by atoms with Crippen molar-refractivity contribution in [1.29, 1.82) is 0 Å². The van der Waals surface area contributed by atoms with E-state index in [0.717, 1.165) is 16.8 Å². The van der Waals surface area contributed by atoms with Crippen molar-refractivity contribution in [3.63, 3.8) is 0 Å². The minimum atomic E-state index is -0.286. The van der Waals surface area contributed by atoms with E-state index >= 15 is 0 Å². The Morgan fingerprint density at radius 3 is 2.62 bits per heavy atom. The maximum atomic E-state index is 12.4. The predicted molar refractivity (Wildman–Crippen MR) is 133 cm³/mol. The number of nitrogens with zero attached hydrogens (tertiary/aromatic N) is 4. The van der Waals surface area contributed by atoms with Crippen LogP contribution in [0.5, 0.6) is 11.5 Å². The molecule has 9 heteroatoms. The van der Waals surface area contributed by atoms with Crippen LogP contribution in [0.1, 0.15) is 11.1 Å². The summed E-state index contributed by atoms with van der Waals surface area (Å²) in [5, 5.41) is 23.0. The van der Waals surface area contributed by atoms with Crippen molar-refractivity contribution in [2.24, 2.45) is 5.10 Å². The molecule has 0 aliphatic heterocycles. The number of thioether (sulfide) groups is 1. The van der Waals surface area contributed by atoms with E-state index in [4.69, 9.17) is 4.74 Å². The van der Waals surface area contributed by atoms with Crippen molar-refractivity contribution < 1.29 is 14.6 Å². The summed E-state index contributed by atoms with van der Waals surface area (Å²) >= 11 is 1.27. The molecule has 0 saturated heterocycles. The first-order chi connectivity index (χ1) is 16.5. The van der Waals surface area contributed by atoms with Gasteiger partial charge in [-0.2, -0.15) is 5.10 Å². The number of nitrogens with one attached hydrogen (secondary N) is 1. The van der Waals surface area contributed by atoms with Gasteiger partial charge in [0.25, 0.3) is 5.91 Å². The largest absolute Gasteiger partial charge is 0.504 e. The van der Waals surface area contributed by atoms with Crippen molar-refractivity contribution >= 4 is 23.9 Å². The molecule has 0 atom stereocenters. The van der Waals surface area contributed by atoms with Crippen LogP contribution in [0.25, 0.3) is 17.1 Å². The lowest BCUT2D eigenvalue weighted by molar-refractivity contribution is -0.118. The zero-order valence-corrected chi connectivity index (χ0v) is 19.5. The quantitative estimate of drug-likeness (QED) is 0.226. The number of hydrogen-bond donors (Lipinski definition) is 2. The number of hydrogen-bond acceptors (Lipinski definition) is 7. The van der Waals surface area contributed by atoms with Crippen molar-refractivity contribution in [2.45, 2.75) is 12.1 Å².